The maximum Gasteiger partial charge on any atom is 0.275 e. The topological polar surface area (TPSA) is 50.5 Å². The first kappa shape index (κ1) is 17.6. The molecule has 136 valence electrons. The monoisotopic (exact) mass is 388 g/mol. The number of hydrogen-bond donors (Lipinski definition) is 0. The normalized spacial score (nSPS) is 14.4. The largest absolute Gasteiger partial charge is 0.293 e. The highest BCUT2D eigenvalue weighted by Crippen LogP contribution is 2.41. The Bertz CT molecular complexity index is 962. The second-order valence-corrected chi connectivity index (χ2v) is 8.26. The van der Waals surface area contributed by atoms with Crippen molar-refractivity contribution in [2.24, 2.45) is 0 Å². The van der Waals surface area contributed by atoms with E-state index in [9.17, 15) is 4.79 Å². The zero-order valence-corrected chi connectivity index (χ0v) is 16.3. The van der Waals surface area contributed by atoms with E-state index < -0.39 is 0 Å². The molecule has 26 heavy (non-hydrogen) atoms. The van der Waals surface area contributed by atoms with Gasteiger partial charge in [-0.15, -0.1) is 0 Å². The number of halogens is 1. The van der Waals surface area contributed by atoms with Crippen LogP contribution in [0, 0.1) is 0 Å². The summed E-state index contributed by atoms with van der Waals surface area (Å²) in [5.41, 5.74) is 1.92. The molecule has 3 aromatic rings. The molecule has 2 aromatic heterocycles. The maximum atomic E-state index is 12.4. The van der Waals surface area contributed by atoms with E-state index in [2.05, 4.69) is 16.9 Å². The van der Waals surface area contributed by atoms with E-state index in [1.54, 1.807) is 17.4 Å². The summed E-state index contributed by atoms with van der Waals surface area (Å²) >= 11 is 7.53. The molecule has 0 aliphatic heterocycles. The SMILES string of the molecule is CCCN(Cc1ccc(Cl)cc1)Cc1cc(=O)n2nc(C3CC3)sc2n1. The van der Waals surface area contributed by atoms with Crippen molar-refractivity contribution in [1.82, 2.24) is 19.5 Å². The lowest BCUT2D eigenvalue weighted by molar-refractivity contribution is 0.254. The lowest BCUT2D eigenvalue weighted by Gasteiger charge is -2.21. The molecule has 0 radical (unpaired) electrons. The highest BCUT2D eigenvalue weighted by atomic mass is 35.5. The van der Waals surface area contributed by atoms with Crippen LogP contribution in [0.4, 0.5) is 0 Å². The van der Waals surface area contributed by atoms with Crippen molar-refractivity contribution in [2.75, 3.05) is 6.54 Å². The molecule has 2 heterocycles. The Kier molecular flexibility index (Phi) is 5.07. The molecule has 1 fully saturated rings. The van der Waals surface area contributed by atoms with Crippen LogP contribution >= 0.6 is 22.9 Å². The van der Waals surface area contributed by atoms with Gasteiger partial charge in [-0.25, -0.2) is 4.98 Å². The zero-order valence-electron chi connectivity index (χ0n) is 14.7. The smallest absolute Gasteiger partial charge is 0.275 e. The van der Waals surface area contributed by atoms with Gasteiger partial charge in [-0.3, -0.25) is 9.69 Å². The quantitative estimate of drug-likeness (QED) is 0.611. The fraction of sp³-hybridized carbons (Fsp3) is 0.421. The summed E-state index contributed by atoms with van der Waals surface area (Å²) < 4.78 is 1.45. The number of rotatable bonds is 7. The van der Waals surface area contributed by atoms with E-state index >= 15 is 0 Å². The number of hydrogen-bond acceptors (Lipinski definition) is 5. The molecule has 0 bridgehead atoms. The molecule has 1 aromatic carbocycles. The third-order valence-corrected chi connectivity index (χ3v) is 5.81. The molecule has 0 amide bonds. The molecule has 4 rings (SSSR count). The van der Waals surface area contributed by atoms with Gasteiger partial charge in [0.2, 0.25) is 4.96 Å². The van der Waals surface area contributed by atoms with E-state index in [0.717, 1.165) is 35.2 Å². The molecule has 0 N–H and O–H groups in total. The summed E-state index contributed by atoms with van der Waals surface area (Å²) in [4.78, 5) is 20.1. The van der Waals surface area contributed by atoms with E-state index in [-0.39, 0.29) is 5.56 Å². The molecule has 1 saturated carbocycles. The molecule has 0 unspecified atom stereocenters. The van der Waals surface area contributed by atoms with Crippen molar-refractivity contribution in [3.8, 4) is 0 Å². The van der Waals surface area contributed by atoms with Crippen LogP contribution in [0.3, 0.4) is 0 Å². The second-order valence-electron chi connectivity index (χ2n) is 6.83. The Labute approximate surface area is 161 Å². The summed E-state index contributed by atoms with van der Waals surface area (Å²) in [7, 11) is 0. The first-order chi connectivity index (χ1) is 12.6. The molecule has 5 nitrogen and oxygen atoms in total. The highest BCUT2D eigenvalue weighted by molar-refractivity contribution is 7.16. The van der Waals surface area contributed by atoms with Gasteiger partial charge >= 0.3 is 0 Å². The van der Waals surface area contributed by atoms with E-state index in [0.29, 0.717) is 17.4 Å². The minimum atomic E-state index is -0.0870. The molecular weight excluding hydrogens is 368 g/mol. The van der Waals surface area contributed by atoms with Crippen LogP contribution < -0.4 is 5.56 Å². The first-order valence-electron chi connectivity index (χ1n) is 8.99. The first-order valence-corrected chi connectivity index (χ1v) is 10.2. The van der Waals surface area contributed by atoms with Gasteiger partial charge in [0.1, 0.15) is 5.01 Å². The Balaban J connectivity index is 1.56. The van der Waals surface area contributed by atoms with Crippen molar-refractivity contribution in [1.29, 1.82) is 0 Å². The van der Waals surface area contributed by atoms with Crippen molar-refractivity contribution in [2.45, 2.75) is 45.2 Å². The fourth-order valence-corrected chi connectivity index (χ4v) is 4.27. The lowest BCUT2D eigenvalue weighted by atomic mass is 10.2. The van der Waals surface area contributed by atoms with E-state index in [1.165, 1.54) is 22.9 Å². The molecule has 0 atom stereocenters. The van der Waals surface area contributed by atoms with Crippen molar-refractivity contribution < 1.29 is 0 Å². The van der Waals surface area contributed by atoms with Gasteiger partial charge in [0.05, 0.1) is 5.69 Å². The Morgan fingerprint density at radius 2 is 2.04 bits per heavy atom. The minimum Gasteiger partial charge on any atom is -0.293 e. The highest BCUT2D eigenvalue weighted by Gasteiger charge is 2.28. The van der Waals surface area contributed by atoms with Gasteiger partial charge in [0.15, 0.2) is 0 Å². The Morgan fingerprint density at radius 3 is 2.73 bits per heavy atom. The third-order valence-electron chi connectivity index (χ3n) is 4.49. The van der Waals surface area contributed by atoms with Gasteiger partial charge in [-0.05, 0) is 43.5 Å². The average Bonchev–Trinajstić information content (AvgIpc) is 3.37. The van der Waals surface area contributed by atoms with E-state index in [4.69, 9.17) is 16.6 Å². The molecule has 1 aliphatic carbocycles. The second kappa shape index (κ2) is 7.47. The number of aromatic nitrogens is 3. The molecule has 7 heteroatoms. The van der Waals surface area contributed by atoms with E-state index in [1.807, 2.05) is 24.3 Å². The molecule has 0 saturated heterocycles. The van der Waals surface area contributed by atoms with Crippen LogP contribution in [-0.2, 0) is 13.1 Å². The van der Waals surface area contributed by atoms with Crippen LogP contribution in [0.1, 0.15) is 48.4 Å². The van der Waals surface area contributed by atoms with Gasteiger partial charge in [0, 0.05) is 30.1 Å². The zero-order chi connectivity index (χ0) is 18.1. The average molecular weight is 389 g/mol. The van der Waals surface area contributed by atoms with Crippen LogP contribution in [0.5, 0.6) is 0 Å². The summed E-state index contributed by atoms with van der Waals surface area (Å²) in [5.74, 6) is 0.533. The third kappa shape index (κ3) is 3.98. The Morgan fingerprint density at radius 1 is 1.27 bits per heavy atom. The van der Waals surface area contributed by atoms with Crippen LogP contribution in [-0.4, -0.2) is 26.0 Å². The summed E-state index contributed by atoms with van der Waals surface area (Å²) in [6.45, 7) is 4.56. The Hall–Kier alpha value is -1.76. The van der Waals surface area contributed by atoms with Crippen LogP contribution in [0.25, 0.3) is 4.96 Å². The lowest BCUT2D eigenvalue weighted by Crippen LogP contribution is -2.26. The number of nitrogens with zero attached hydrogens (tertiary/aromatic N) is 4. The predicted molar refractivity (Wildman–Crippen MR) is 105 cm³/mol. The summed E-state index contributed by atoms with van der Waals surface area (Å²) in [5, 5.41) is 6.22. The van der Waals surface area contributed by atoms with Crippen LogP contribution in [0.2, 0.25) is 5.02 Å². The molecular formula is C19H21ClN4OS. The number of fused-ring (bicyclic) bond motifs is 1. The maximum absolute atomic E-state index is 12.4. The van der Waals surface area contributed by atoms with Gasteiger partial charge < -0.3 is 0 Å². The fourth-order valence-electron chi connectivity index (χ4n) is 3.05. The molecule has 0 spiro atoms. The predicted octanol–water partition coefficient (Wildman–Crippen LogP) is 4.09. The van der Waals surface area contributed by atoms with Crippen molar-refractivity contribution in [3.63, 3.8) is 0 Å². The standard InChI is InChI=1S/C19H21ClN4OS/c1-2-9-23(11-13-3-7-15(20)8-4-13)12-16-10-17(25)24-19(21-16)26-18(22-24)14-5-6-14/h3-4,7-8,10,14H,2,5-6,9,11-12H2,1H3. The van der Waals surface area contributed by atoms with Gasteiger partial charge in [-0.2, -0.15) is 9.61 Å². The van der Waals surface area contributed by atoms with Gasteiger partial charge in [-0.1, -0.05) is 42.0 Å². The number of benzene rings is 1. The summed E-state index contributed by atoms with van der Waals surface area (Å²) in [6.07, 6.45) is 3.39. The van der Waals surface area contributed by atoms with Crippen molar-refractivity contribution in [3.05, 3.63) is 62.0 Å². The minimum absolute atomic E-state index is 0.0870. The molecule has 1 aliphatic rings. The van der Waals surface area contributed by atoms with Gasteiger partial charge in [0.25, 0.3) is 5.56 Å². The van der Waals surface area contributed by atoms with Crippen molar-refractivity contribution >= 4 is 27.9 Å². The van der Waals surface area contributed by atoms with Crippen LogP contribution in [0.15, 0.2) is 35.1 Å². The summed E-state index contributed by atoms with van der Waals surface area (Å²) in [6, 6.07) is 9.53.